The number of carbonyl (C=O) groups excluding carboxylic acids is 2. The van der Waals surface area contributed by atoms with Crippen molar-refractivity contribution < 1.29 is 14.8 Å². The number of imide groups is 1. The molecule has 1 atom stereocenters. The van der Waals surface area contributed by atoms with Gasteiger partial charge in [0, 0.05) is 0 Å². The van der Waals surface area contributed by atoms with Crippen molar-refractivity contribution in [3.63, 3.8) is 0 Å². The molecule has 1 aliphatic heterocycles. The lowest BCUT2D eigenvalue weighted by Gasteiger charge is -2.05. The Bertz CT molecular complexity index is 379. The molecule has 0 bridgehead atoms. The summed E-state index contributed by atoms with van der Waals surface area (Å²) in [6.45, 7) is 0. The summed E-state index contributed by atoms with van der Waals surface area (Å²) in [5.74, 6) is -0.578. The summed E-state index contributed by atoms with van der Waals surface area (Å²) in [5, 5.41) is 7.96. The van der Waals surface area contributed by atoms with E-state index in [4.69, 9.17) is 5.21 Å². The van der Waals surface area contributed by atoms with E-state index in [0.717, 1.165) is 17.3 Å². The van der Waals surface area contributed by atoms with Gasteiger partial charge < -0.3 is 0 Å². The molecule has 1 unspecified atom stereocenters. The highest BCUT2D eigenvalue weighted by Crippen LogP contribution is 2.37. The van der Waals surface area contributed by atoms with Gasteiger partial charge in [-0.3, -0.25) is 14.8 Å². The minimum absolute atomic E-state index is 0.169. The molecule has 5 heteroatoms. The van der Waals surface area contributed by atoms with E-state index in [0.29, 0.717) is 0 Å². The normalized spacial score (nSPS) is 21.8. The van der Waals surface area contributed by atoms with Gasteiger partial charge in [0.2, 0.25) is 0 Å². The maximum atomic E-state index is 11.4. The number of thioether (sulfide) groups is 1. The van der Waals surface area contributed by atoms with E-state index in [2.05, 4.69) is 0 Å². The van der Waals surface area contributed by atoms with Crippen molar-refractivity contribution in [1.29, 1.82) is 0 Å². The van der Waals surface area contributed by atoms with E-state index >= 15 is 0 Å². The summed E-state index contributed by atoms with van der Waals surface area (Å²) in [7, 11) is 0. The Balaban J connectivity index is 2.30. The molecular formula is C9H7NO3S. The third-order valence-corrected chi connectivity index (χ3v) is 3.01. The lowest BCUT2D eigenvalue weighted by atomic mass is 10.1. The minimum atomic E-state index is -0.621. The maximum Gasteiger partial charge on any atom is 0.313 e. The van der Waals surface area contributed by atoms with E-state index in [-0.39, 0.29) is 5.06 Å². The van der Waals surface area contributed by atoms with Crippen molar-refractivity contribution in [3.05, 3.63) is 35.9 Å². The second-order valence-electron chi connectivity index (χ2n) is 2.82. The summed E-state index contributed by atoms with van der Waals surface area (Å²) in [6.07, 6.45) is 0. The van der Waals surface area contributed by atoms with Crippen molar-refractivity contribution in [2.45, 2.75) is 5.25 Å². The number of hydrogen-bond acceptors (Lipinski definition) is 4. The summed E-state index contributed by atoms with van der Waals surface area (Å²) in [6, 6.07) is 8.90. The topological polar surface area (TPSA) is 57.6 Å². The number of rotatable bonds is 1. The van der Waals surface area contributed by atoms with Crippen LogP contribution in [0.3, 0.4) is 0 Å². The molecule has 1 aromatic rings. The van der Waals surface area contributed by atoms with Gasteiger partial charge in [0.1, 0.15) is 5.25 Å². The molecule has 1 heterocycles. The SMILES string of the molecule is O=C1SC(c2ccccc2)C(=O)N1O. The van der Waals surface area contributed by atoms with E-state index < -0.39 is 16.4 Å². The first kappa shape index (κ1) is 9.23. The molecule has 14 heavy (non-hydrogen) atoms. The number of carbonyl (C=O) groups is 2. The summed E-state index contributed by atoms with van der Waals surface area (Å²) >= 11 is 0.822. The zero-order valence-electron chi connectivity index (χ0n) is 7.08. The zero-order chi connectivity index (χ0) is 10.1. The molecule has 1 aromatic carbocycles. The van der Waals surface area contributed by atoms with Gasteiger partial charge >= 0.3 is 5.24 Å². The van der Waals surface area contributed by atoms with Crippen molar-refractivity contribution >= 4 is 22.9 Å². The van der Waals surface area contributed by atoms with Gasteiger partial charge in [0.15, 0.2) is 0 Å². The fourth-order valence-corrected chi connectivity index (χ4v) is 2.13. The number of hydroxylamine groups is 2. The first-order valence-electron chi connectivity index (χ1n) is 3.98. The quantitative estimate of drug-likeness (QED) is 0.716. The van der Waals surface area contributed by atoms with Gasteiger partial charge in [-0.25, -0.2) is 0 Å². The Kier molecular flexibility index (Phi) is 2.26. The maximum absolute atomic E-state index is 11.4. The molecule has 1 fully saturated rings. The second kappa shape index (κ2) is 3.43. The molecule has 0 radical (unpaired) electrons. The number of hydrogen-bond donors (Lipinski definition) is 1. The van der Waals surface area contributed by atoms with E-state index in [1.54, 1.807) is 24.3 Å². The fourth-order valence-electron chi connectivity index (χ4n) is 1.24. The van der Waals surface area contributed by atoms with Gasteiger partial charge in [-0.1, -0.05) is 30.3 Å². The molecule has 1 saturated heterocycles. The monoisotopic (exact) mass is 209 g/mol. The predicted octanol–water partition coefficient (Wildman–Crippen LogP) is 1.81. The van der Waals surface area contributed by atoms with Crippen LogP contribution in [0.5, 0.6) is 0 Å². The Morgan fingerprint density at radius 1 is 1.21 bits per heavy atom. The van der Waals surface area contributed by atoms with Crippen LogP contribution in [0.1, 0.15) is 10.8 Å². The van der Waals surface area contributed by atoms with Gasteiger partial charge in [0.25, 0.3) is 5.91 Å². The highest BCUT2D eigenvalue weighted by Gasteiger charge is 2.39. The summed E-state index contributed by atoms with van der Waals surface area (Å²) in [5.41, 5.74) is 0.729. The van der Waals surface area contributed by atoms with E-state index in [9.17, 15) is 9.59 Å². The van der Waals surface area contributed by atoms with Gasteiger partial charge in [-0.15, -0.1) is 5.06 Å². The number of nitrogens with zero attached hydrogens (tertiary/aromatic N) is 1. The molecule has 2 amide bonds. The van der Waals surface area contributed by atoms with Crippen molar-refractivity contribution in [1.82, 2.24) is 5.06 Å². The Morgan fingerprint density at radius 2 is 1.86 bits per heavy atom. The van der Waals surface area contributed by atoms with Crippen LogP contribution in [0, 0.1) is 0 Å². The average molecular weight is 209 g/mol. The molecular weight excluding hydrogens is 202 g/mol. The first-order valence-corrected chi connectivity index (χ1v) is 4.86. The fraction of sp³-hybridized carbons (Fsp3) is 0.111. The molecule has 1 aliphatic rings. The average Bonchev–Trinajstić information content (AvgIpc) is 2.47. The Hall–Kier alpha value is -1.33. The van der Waals surface area contributed by atoms with Crippen LogP contribution >= 0.6 is 11.8 Å². The predicted molar refractivity (Wildman–Crippen MR) is 50.8 cm³/mol. The lowest BCUT2D eigenvalue weighted by molar-refractivity contribution is -0.149. The summed E-state index contributed by atoms with van der Waals surface area (Å²) < 4.78 is 0. The van der Waals surface area contributed by atoms with Crippen molar-refractivity contribution in [3.8, 4) is 0 Å². The van der Waals surface area contributed by atoms with Gasteiger partial charge in [-0.05, 0) is 17.3 Å². The minimum Gasteiger partial charge on any atom is -0.278 e. The van der Waals surface area contributed by atoms with E-state index in [1.807, 2.05) is 6.07 Å². The highest BCUT2D eigenvalue weighted by atomic mass is 32.2. The Labute approximate surface area is 84.5 Å². The van der Waals surface area contributed by atoms with Crippen LogP contribution < -0.4 is 0 Å². The van der Waals surface area contributed by atoms with Crippen LogP contribution in [0.2, 0.25) is 0 Å². The summed E-state index contributed by atoms with van der Waals surface area (Å²) in [4.78, 5) is 22.3. The smallest absolute Gasteiger partial charge is 0.278 e. The lowest BCUT2D eigenvalue weighted by Crippen LogP contribution is -2.25. The first-order chi connectivity index (χ1) is 6.70. The largest absolute Gasteiger partial charge is 0.313 e. The molecule has 72 valence electrons. The molecule has 0 aromatic heterocycles. The molecule has 0 aliphatic carbocycles. The van der Waals surface area contributed by atoms with Gasteiger partial charge in [-0.2, -0.15) is 0 Å². The molecule has 4 nitrogen and oxygen atoms in total. The van der Waals surface area contributed by atoms with Crippen LogP contribution in [0.4, 0.5) is 4.79 Å². The standard InChI is InChI=1S/C9H7NO3S/c11-8-7(14-9(12)10(8)13)6-4-2-1-3-5-6/h1-5,7,13H. The Morgan fingerprint density at radius 3 is 2.36 bits per heavy atom. The molecule has 1 N–H and O–H groups in total. The van der Waals surface area contributed by atoms with Crippen molar-refractivity contribution in [2.75, 3.05) is 0 Å². The third kappa shape index (κ3) is 1.40. The molecule has 0 saturated carbocycles. The number of benzene rings is 1. The molecule has 2 rings (SSSR count). The molecule has 0 spiro atoms. The zero-order valence-corrected chi connectivity index (χ0v) is 7.90. The van der Waals surface area contributed by atoms with Gasteiger partial charge in [0.05, 0.1) is 0 Å². The second-order valence-corrected chi connectivity index (χ2v) is 3.88. The highest BCUT2D eigenvalue weighted by molar-refractivity contribution is 8.14. The van der Waals surface area contributed by atoms with Crippen LogP contribution in [0.25, 0.3) is 0 Å². The van der Waals surface area contributed by atoms with Crippen LogP contribution in [-0.2, 0) is 4.79 Å². The van der Waals surface area contributed by atoms with Crippen molar-refractivity contribution in [2.24, 2.45) is 0 Å². The number of amides is 2. The van der Waals surface area contributed by atoms with Crippen LogP contribution in [-0.4, -0.2) is 21.4 Å². The third-order valence-electron chi connectivity index (χ3n) is 1.93. The van der Waals surface area contributed by atoms with E-state index in [1.165, 1.54) is 0 Å². The van der Waals surface area contributed by atoms with Crippen LogP contribution in [0.15, 0.2) is 30.3 Å².